The van der Waals surface area contributed by atoms with Crippen LogP contribution in [0, 0.1) is 5.92 Å². The molecule has 2 heteroatoms. The third-order valence-electron chi connectivity index (χ3n) is 6.14. The zero-order chi connectivity index (χ0) is 18.1. The zero-order valence-electron chi connectivity index (χ0n) is 15.7. The molecule has 2 nitrogen and oxygen atoms in total. The molecule has 0 saturated heterocycles. The lowest BCUT2D eigenvalue weighted by atomic mass is 9.76. The Balaban J connectivity index is 1.59. The van der Waals surface area contributed by atoms with Crippen LogP contribution in [0.2, 0.25) is 0 Å². The van der Waals surface area contributed by atoms with Crippen LogP contribution < -0.4 is 0 Å². The van der Waals surface area contributed by atoms with Gasteiger partial charge in [0.1, 0.15) is 5.78 Å². The minimum absolute atomic E-state index is 0.303. The Morgan fingerprint density at radius 2 is 1.77 bits per heavy atom. The number of fused-ring (bicyclic) bond motifs is 1. The number of hydrogen-bond acceptors (Lipinski definition) is 1. The lowest BCUT2D eigenvalue weighted by molar-refractivity contribution is -0.123. The molecule has 3 aromatic rings. The summed E-state index contributed by atoms with van der Waals surface area (Å²) in [6.07, 6.45) is 5.06. The first kappa shape index (κ1) is 17.1. The van der Waals surface area contributed by atoms with E-state index in [2.05, 4.69) is 66.2 Å². The normalized spacial score (nSPS) is 20.4. The molecule has 1 aliphatic carbocycles. The van der Waals surface area contributed by atoms with Gasteiger partial charge in [0.15, 0.2) is 0 Å². The number of rotatable bonds is 4. The first-order chi connectivity index (χ1) is 12.7. The molecular weight excluding hydrogens is 318 g/mol. The second-order valence-corrected chi connectivity index (χ2v) is 7.64. The van der Waals surface area contributed by atoms with Crippen molar-refractivity contribution in [2.45, 2.75) is 44.9 Å². The molecule has 1 aliphatic rings. The lowest BCUT2D eigenvalue weighted by Crippen LogP contribution is -2.20. The highest BCUT2D eigenvalue weighted by Gasteiger charge is 2.26. The average Bonchev–Trinajstić information content (AvgIpc) is 3.04. The molecule has 134 valence electrons. The number of hydrogen-bond donors (Lipinski definition) is 0. The maximum atomic E-state index is 12.0. The molecule has 0 atom stereocenters. The zero-order valence-corrected chi connectivity index (χ0v) is 15.7. The highest BCUT2D eigenvalue weighted by Crippen LogP contribution is 2.38. The second-order valence-electron chi connectivity index (χ2n) is 7.64. The molecule has 1 aromatic heterocycles. The van der Waals surface area contributed by atoms with Gasteiger partial charge in [-0.25, -0.2) is 0 Å². The number of carbonyl (C=O) groups excluding carboxylic acids is 1. The van der Waals surface area contributed by atoms with Gasteiger partial charge in [-0.2, -0.15) is 0 Å². The molecule has 0 N–H and O–H groups in total. The number of benzene rings is 2. The highest BCUT2D eigenvalue weighted by atomic mass is 16.1. The van der Waals surface area contributed by atoms with Gasteiger partial charge in [0, 0.05) is 36.0 Å². The van der Waals surface area contributed by atoms with Crippen LogP contribution in [-0.4, -0.2) is 10.4 Å². The Hall–Kier alpha value is -2.35. The smallest absolute Gasteiger partial charge is 0.135 e. The predicted molar refractivity (Wildman–Crippen MR) is 108 cm³/mol. The van der Waals surface area contributed by atoms with E-state index in [4.69, 9.17) is 0 Å². The SMILES string of the molecule is CCC(=O)C1CCC(c2cccc(-c3cc4ccccc4n3C)c2)CC1. The summed E-state index contributed by atoms with van der Waals surface area (Å²) in [5.41, 5.74) is 5.25. The molecule has 0 amide bonds. The second kappa shape index (κ2) is 7.11. The van der Waals surface area contributed by atoms with Gasteiger partial charge in [0.2, 0.25) is 0 Å². The quantitative estimate of drug-likeness (QED) is 0.560. The summed E-state index contributed by atoms with van der Waals surface area (Å²) in [6, 6.07) is 19.8. The molecule has 0 radical (unpaired) electrons. The summed E-state index contributed by atoms with van der Waals surface area (Å²) in [6.45, 7) is 1.99. The van der Waals surface area contributed by atoms with Gasteiger partial charge in [-0.05, 0) is 60.9 Å². The van der Waals surface area contributed by atoms with E-state index < -0.39 is 0 Å². The van der Waals surface area contributed by atoms with E-state index in [1.54, 1.807) is 0 Å². The lowest BCUT2D eigenvalue weighted by Gasteiger charge is -2.28. The number of aromatic nitrogens is 1. The van der Waals surface area contributed by atoms with Gasteiger partial charge in [0.25, 0.3) is 0 Å². The summed E-state index contributed by atoms with van der Waals surface area (Å²) >= 11 is 0. The van der Waals surface area contributed by atoms with Crippen LogP contribution in [0.4, 0.5) is 0 Å². The van der Waals surface area contributed by atoms with E-state index in [1.165, 1.54) is 27.7 Å². The van der Waals surface area contributed by atoms with Crippen molar-refractivity contribution in [1.82, 2.24) is 4.57 Å². The Morgan fingerprint density at radius 3 is 2.50 bits per heavy atom. The van der Waals surface area contributed by atoms with Gasteiger partial charge < -0.3 is 4.57 Å². The Kier molecular flexibility index (Phi) is 4.67. The summed E-state index contributed by atoms with van der Waals surface area (Å²) in [5.74, 6) is 1.34. The molecule has 26 heavy (non-hydrogen) atoms. The number of aryl methyl sites for hydroxylation is 1. The van der Waals surface area contributed by atoms with Crippen LogP contribution in [0.3, 0.4) is 0 Å². The molecule has 0 unspecified atom stereocenters. The van der Waals surface area contributed by atoms with E-state index in [9.17, 15) is 4.79 Å². The number of nitrogens with zero attached hydrogens (tertiary/aromatic N) is 1. The maximum absolute atomic E-state index is 12.0. The highest BCUT2D eigenvalue weighted by molar-refractivity contribution is 5.87. The van der Waals surface area contributed by atoms with Crippen LogP contribution in [0.5, 0.6) is 0 Å². The molecule has 0 bridgehead atoms. The van der Waals surface area contributed by atoms with Crippen LogP contribution in [0.1, 0.15) is 50.5 Å². The fraction of sp³-hybridized carbons (Fsp3) is 0.375. The van der Waals surface area contributed by atoms with Gasteiger partial charge in [-0.3, -0.25) is 4.79 Å². The van der Waals surface area contributed by atoms with Crippen LogP contribution in [-0.2, 0) is 11.8 Å². The fourth-order valence-electron chi connectivity index (χ4n) is 4.56. The van der Waals surface area contributed by atoms with Crippen LogP contribution >= 0.6 is 0 Å². The van der Waals surface area contributed by atoms with Crippen molar-refractivity contribution < 1.29 is 4.79 Å². The third kappa shape index (κ3) is 3.09. The van der Waals surface area contributed by atoms with E-state index >= 15 is 0 Å². The number of Topliss-reactive ketones (excluding diaryl/α,β-unsaturated/α-hetero) is 1. The summed E-state index contributed by atoms with van der Waals surface area (Å²) in [5, 5.41) is 1.29. The molecule has 1 saturated carbocycles. The van der Waals surface area contributed by atoms with Crippen molar-refractivity contribution in [3.8, 4) is 11.3 Å². The first-order valence-corrected chi connectivity index (χ1v) is 9.85. The minimum atomic E-state index is 0.303. The summed E-state index contributed by atoms with van der Waals surface area (Å²) in [4.78, 5) is 12.0. The molecular formula is C24H27NO. The number of para-hydroxylation sites is 1. The summed E-state index contributed by atoms with van der Waals surface area (Å²) < 4.78 is 2.28. The van der Waals surface area contributed by atoms with Crippen molar-refractivity contribution in [2.75, 3.05) is 0 Å². The van der Waals surface area contributed by atoms with Crippen molar-refractivity contribution in [2.24, 2.45) is 13.0 Å². The first-order valence-electron chi connectivity index (χ1n) is 9.85. The van der Waals surface area contributed by atoms with E-state index in [-0.39, 0.29) is 0 Å². The molecule has 0 spiro atoms. The predicted octanol–water partition coefficient (Wildman–Crippen LogP) is 6.10. The maximum Gasteiger partial charge on any atom is 0.135 e. The van der Waals surface area contributed by atoms with Crippen molar-refractivity contribution >= 4 is 16.7 Å². The van der Waals surface area contributed by atoms with E-state index in [1.807, 2.05) is 6.92 Å². The Bertz CT molecular complexity index is 928. The monoisotopic (exact) mass is 345 g/mol. The summed E-state index contributed by atoms with van der Waals surface area (Å²) in [7, 11) is 2.14. The third-order valence-corrected chi connectivity index (χ3v) is 6.14. The molecule has 4 rings (SSSR count). The van der Waals surface area contributed by atoms with Crippen LogP contribution in [0.15, 0.2) is 54.6 Å². The number of ketones is 1. The molecule has 0 aliphatic heterocycles. The molecule has 2 aromatic carbocycles. The van der Waals surface area contributed by atoms with Gasteiger partial charge in [0.05, 0.1) is 0 Å². The fourth-order valence-corrected chi connectivity index (χ4v) is 4.56. The Labute approximate surface area is 155 Å². The van der Waals surface area contributed by atoms with E-state index in [0.717, 1.165) is 25.7 Å². The Morgan fingerprint density at radius 1 is 1.00 bits per heavy atom. The largest absolute Gasteiger partial charge is 0.344 e. The van der Waals surface area contributed by atoms with Gasteiger partial charge >= 0.3 is 0 Å². The average molecular weight is 345 g/mol. The number of carbonyl (C=O) groups is 1. The molecule has 1 fully saturated rings. The van der Waals surface area contributed by atoms with Gasteiger partial charge in [-0.1, -0.05) is 43.3 Å². The topological polar surface area (TPSA) is 22.0 Å². The minimum Gasteiger partial charge on any atom is -0.344 e. The van der Waals surface area contributed by atoms with Gasteiger partial charge in [-0.15, -0.1) is 0 Å². The van der Waals surface area contributed by atoms with Crippen molar-refractivity contribution in [3.05, 3.63) is 60.2 Å². The van der Waals surface area contributed by atoms with E-state index in [0.29, 0.717) is 24.0 Å². The van der Waals surface area contributed by atoms with Crippen molar-refractivity contribution in [1.29, 1.82) is 0 Å². The standard InChI is InChI=1S/C24H27NO/c1-3-24(26)18-13-11-17(12-14-18)19-8-6-9-20(15-19)23-16-21-7-4-5-10-22(21)25(23)2/h4-10,15-18H,3,11-14H2,1-2H3. The van der Waals surface area contributed by atoms with Crippen molar-refractivity contribution in [3.63, 3.8) is 0 Å². The molecule has 1 heterocycles. The van der Waals surface area contributed by atoms with Crippen LogP contribution in [0.25, 0.3) is 22.2 Å².